The van der Waals surface area contributed by atoms with E-state index in [-0.39, 0.29) is 0 Å². The minimum Gasteiger partial charge on any atom is -0.145 e. The van der Waals surface area contributed by atoms with E-state index in [4.69, 9.17) is 0 Å². The van der Waals surface area contributed by atoms with E-state index in [9.17, 15) is 0 Å². The molecule has 0 aliphatic carbocycles. The highest BCUT2D eigenvalue weighted by molar-refractivity contribution is 9.09. The summed E-state index contributed by atoms with van der Waals surface area (Å²) in [6.45, 7) is 6.76. The minimum absolute atomic E-state index is 0.662. The predicted molar refractivity (Wildman–Crippen MR) is 69.6 cm³/mol. The zero-order valence-electron chi connectivity index (χ0n) is 9.22. The summed E-state index contributed by atoms with van der Waals surface area (Å²) in [5.41, 5.74) is 0. The average Bonchev–Trinajstić information content (AvgIpc) is 2.61. The van der Waals surface area contributed by atoms with Gasteiger partial charge in [0.25, 0.3) is 0 Å². The minimum atomic E-state index is 0.662. The zero-order valence-corrected chi connectivity index (χ0v) is 11.6. The van der Waals surface area contributed by atoms with Crippen LogP contribution in [0.2, 0.25) is 0 Å². The molecule has 1 aromatic heterocycles. The number of hydrogen-bond acceptors (Lipinski definition) is 1. The summed E-state index contributed by atoms with van der Waals surface area (Å²) in [6, 6.07) is 4.54. The Morgan fingerprint density at radius 2 is 1.93 bits per heavy atom. The number of rotatable bonds is 5. The van der Waals surface area contributed by atoms with Crippen LogP contribution in [0.25, 0.3) is 0 Å². The van der Waals surface area contributed by atoms with Gasteiger partial charge in [-0.1, -0.05) is 36.7 Å². The van der Waals surface area contributed by atoms with E-state index in [1.807, 2.05) is 11.3 Å². The lowest BCUT2D eigenvalue weighted by Crippen LogP contribution is -2.07. The molecule has 1 rings (SSSR count). The van der Waals surface area contributed by atoms with E-state index in [1.165, 1.54) is 29.0 Å². The van der Waals surface area contributed by atoms with Crippen molar-refractivity contribution in [2.75, 3.05) is 0 Å². The fourth-order valence-electron chi connectivity index (χ4n) is 1.36. The molecule has 0 N–H and O–H groups in total. The summed E-state index contributed by atoms with van der Waals surface area (Å²) in [7, 11) is 0. The molecular formula is C12H19BrS. The molecule has 0 aliphatic heterocycles. The number of halogens is 1. The van der Waals surface area contributed by atoms with E-state index < -0.39 is 0 Å². The second-order valence-corrected chi connectivity index (χ2v) is 6.45. The maximum absolute atomic E-state index is 3.73. The lowest BCUT2D eigenvalue weighted by molar-refractivity contribution is 0.583. The van der Waals surface area contributed by atoms with Crippen LogP contribution in [-0.2, 0) is 12.8 Å². The van der Waals surface area contributed by atoms with Crippen LogP contribution in [0.5, 0.6) is 0 Å². The Morgan fingerprint density at radius 1 is 1.29 bits per heavy atom. The fourth-order valence-corrected chi connectivity index (χ4v) is 2.56. The van der Waals surface area contributed by atoms with Crippen molar-refractivity contribution in [2.45, 2.75) is 44.9 Å². The van der Waals surface area contributed by atoms with Crippen LogP contribution in [0.1, 0.15) is 36.9 Å². The van der Waals surface area contributed by atoms with Crippen molar-refractivity contribution in [1.82, 2.24) is 0 Å². The third-order valence-corrected chi connectivity index (χ3v) is 5.26. The molecule has 0 amide bonds. The summed E-state index contributed by atoms with van der Waals surface area (Å²) >= 11 is 5.69. The van der Waals surface area contributed by atoms with Crippen molar-refractivity contribution in [1.29, 1.82) is 0 Å². The van der Waals surface area contributed by atoms with Crippen molar-refractivity contribution in [3.63, 3.8) is 0 Å². The van der Waals surface area contributed by atoms with Gasteiger partial charge in [0.05, 0.1) is 0 Å². The lowest BCUT2D eigenvalue weighted by Gasteiger charge is -2.12. The van der Waals surface area contributed by atoms with Gasteiger partial charge in [-0.2, -0.15) is 0 Å². The summed E-state index contributed by atoms with van der Waals surface area (Å²) < 4.78 is 0. The molecule has 0 nitrogen and oxygen atoms in total. The van der Waals surface area contributed by atoms with Gasteiger partial charge in [0.1, 0.15) is 0 Å². The first-order valence-electron chi connectivity index (χ1n) is 5.35. The highest BCUT2D eigenvalue weighted by Crippen LogP contribution is 2.23. The summed E-state index contributed by atoms with van der Waals surface area (Å²) in [6.07, 6.45) is 3.65. The summed E-state index contributed by atoms with van der Waals surface area (Å²) in [4.78, 5) is 3.71. The van der Waals surface area contributed by atoms with E-state index in [0.717, 1.165) is 5.92 Å². The highest BCUT2D eigenvalue weighted by Gasteiger charge is 2.09. The number of hydrogen-bond donors (Lipinski definition) is 0. The molecule has 0 aliphatic rings. The molecule has 80 valence electrons. The first-order chi connectivity index (χ1) is 6.63. The van der Waals surface area contributed by atoms with Gasteiger partial charge in [-0.15, -0.1) is 11.3 Å². The van der Waals surface area contributed by atoms with Crippen LogP contribution < -0.4 is 0 Å². The molecule has 0 aromatic carbocycles. The van der Waals surface area contributed by atoms with Crippen molar-refractivity contribution in [3.05, 3.63) is 21.9 Å². The maximum atomic E-state index is 3.73. The predicted octanol–water partition coefficient (Wildman–Crippen LogP) is 4.66. The maximum Gasteiger partial charge on any atom is 0.0172 e. The van der Waals surface area contributed by atoms with Crippen LogP contribution in [0.3, 0.4) is 0 Å². The van der Waals surface area contributed by atoms with E-state index in [2.05, 4.69) is 48.8 Å². The topological polar surface area (TPSA) is 0 Å². The van der Waals surface area contributed by atoms with Gasteiger partial charge in [0.2, 0.25) is 0 Å². The largest absolute Gasteiger partial charge is 0.145 e. The third-order valence-electron chi connectivity index (χ3n) is 2.46. The van der Waals surface area contributed by atoms with Gasteiger partial charge in [-0.05, 0) is 37.3 Å². The molecule has 0 bridgehead atoms. The zero-order chi connectivity index (χ0) is 10.6. The Bertz CT molecular complexity index is 265. The Balaban J connectivity index is 2.37. The smallest absolute Gasteiger partial charge is 0.0172 e. The molecule has 0 fully saturated rings. The van der Waals surface area contributed by atoms with Crippen LogP contribution >= 0.6 is 27.3 Å². The first kappa shape index (κ1) is 12.3. The van der Waals surface area contributed by atoms with E-state index in [1.54, 1.807) is 0 Å². The van der Waals surface area contributed by atoms with Crippen molar-refractivity contribution in [2.24, 2.45) is 5.92 Å². The number of aryl methyl sites for hydroxylation is 2. The second-order valence-electron chi connectivity index (χ2n) is 4.02. The monoisotopic (exact) mass is 274 g/mol. The second kappa shape index (κ2) is 5.92. The van der Waals surface area contributed by atoms with Crippen LogP contribution in [0.4, 0.5) is 0 Å². The summed E-state index contributed by atoms with van der Waals surface area (Å²) in [5.74, 6) is 0.737. The number of thiophene rings is 1. The molecule has 0 spiro atoms. The van der Waals surface area contributed by atoms with Crippen molar-refractivity contribution in [3.8, 4) is 0 Å². The van der Waals surface area contributed by atoms with Gasteiger partial charge in [0.15, 0.2) is 0 Å². The standard InChI is InChI=1S/C12H19BrS/c1-4-10-5-6-11(14-10)7-8-12(13)9(2)3/h5-6,9,12H,4,7-8H2,1-3H3. The SMILES string of the molecule is CCc1ccc(CCC(Br)C(C)C)s1. The molecule has 0 saturated heterocycles. The van der Waals surface area contributed by atoms with Gasteiger partial charge in [0, 0.05) is 14.6 Å². The highest BCUT2D eigenvalue weighted by atomic mass is 79.9. The molecule has 14 heavy (non-hydrogen) atoms. The van der Waals surface area contributed by atoms with E-state index in [0.29, 0.717) is 4.83 Å². The molecule has 0 saturated carbocycles. The molecule has 2 heteroatoms. The van der Waals surface area contributed by atoms with Crippen molar-refractivity contribution >= 4 is 27.3 Å². The Kier molecular flexibility index (Phi) is 5.18. The van der Waals surface area contributed by atoms with E-state index >= 15 is 0 Å². The van der Waals surface area contributed by atoms with Crippen LogP contribution in [0.15, 0.2) is 12.1 Å². The fraction of sp³-hybridized carbons (Fsp3) is 0.667. The van der Waals surface area contributed by atoms with Gasteiger partial charge in [-0.3, -0.25) is 0 Å². The third kappa shape index (κ3) is 3.74. The first-order valence-corrected chi connectivity index (χ1v) is 7.08. The van der Waals surface area contributed by atoms with Gasteiger partial charge >= 0.3 is 0 Å². The Labute approximate surface area is 99.9 Å². The normalized spacial score (nSPS) is 13.5. The summed E-state index contributed by atoms with van der Waals surface area (Å²) in [5, 5.41) is 0. The molecular weight excluding hydrogens is 256 g/mol. The Morgan fingerprint density at radius 3 is 2.43 bits per heavy atom. The van der Waals surface area contributed by atoms with Gasteiger partial charge < -0.3 is 0 Å². The van der Waals surface area contributed by atoms with Crippen LogP contribution in [0, 0.1) is 5.92 Å². The van der Waals surface area contributed by atoms with Crippen molar-refractivity contribution < 1.29 is 0 Å². The molecule has 0 radical (unpaired) electrons. The average molecular weight is 275 g/mol. The molecule has 1 heterocycles. The van der Waals surface area contributed by atoms with Gasteiger partial charge in [-0.25, -0.2) is 0 Å². The lowest BCUT2D eigenvalue weighted by atomic mass is 10.1. The quantitative estimate of drug-likeness (QED) is 0.685. The Hall–Kier alpha value is 0.180. The molecule has 1 atom stereocenters. The molecule has 1 aromatic rings. The molecule has 1 unspecified atom stereocenters. The van der Waals surface area contributed by atoms with Crippen LogP contribution in [-0.4, -0.2) is 4.83 Å². The number of alkyl halides is 1.